The van der Waals surface area contributed by atoms with Gasteiger partial charge in [0.1, 0.15) is 11.6 Å². The van der Waals surface area contributed by atoms with Gasteiger partial charge in [0.2, 0.25) is 0 Å². The van der Waals surface area contributed by atoms with E-state index in [1.54, 1.807) is 0 Å². The topological polar surface area (TPSA) is 61.3 Å². The van der Waals surface area contributed by atoms with Crippen molar-refractivity contribution in [3.63, 3.8) is 0 Å². The molecular weight excluding hydrogens is 324 g/mol. The summed E-state index contributed by atoms with van der Waals surface area (Å²) in [5.74, 6) is 1.83. The molecule has 5 nitrogen and oxygen atoms in total. The lowest BCUT2D eigenvalue weighted by atomic mass is 9.94. The molecule has 2 unspecified atom stereocenters. The molecule has 2 N–H and O–H groups in total. The smallest absolute Gasteiger partial charge is 0.149 e. The molecule has 0 spiro atoms. The molecule has 2 atom stereocenters. The number of aromatic hydroxyl groups is 1. The van der Waals surface area contributed by atoms with E-state index in [1.165, 1.54) is 12.0 Å². The second kappa shape index (κ2) is 6.88. The van der Waals surface area contributed by atoms with Crippen LogP contribution in [0.25, 0.3) is 11.3 Å². The fourth-order valence-electron chi connectivity index (χ4n) is 4.27. The lowest BCUT2D eigenvalue weighted by Crippen LogP contribution is -2.45. The van der Waals surface area contributed by atoms with Crippen LogP contribution in [-0.2, 0) is 12.8 Å². The zero-order valence-corrected chi connectivity index (χ0v) is 15.9. The molecule has 1 aliphatic carbocycles. The number of phenolic OH excluding ortho intramolecular Hbond substituents is 1. The predicted molar refractivity (Wildman–Crippen MR) is 105 cm³/mol. The minimum absolute atomic E-state index is 0.389. The molecule has 0 amide bonds. The van der Waals surface area contributed by atoms with Crippen LogP contribution in [0.2, 0.25) is 0 Å². The van der Waals surface area contributed by atoms with E-state index >= 15 is 0 Å². The third kappa shape index (κ3) is 3.16. The first-order chi connectivity index (χ1) is 12.5. The average molecular weight is 352 g/mol. The van der Waals surface area contributed by atoms with Crippen molar-refractivity contribution < 1.29 is 5.11 Å². The van der Waals surface area contributed by atoms with E-state index < -0.39 is 0 Å². The molecule has 1 aromatic heterocycles. The number of hydrogen-bond donors (Lipinski definition) is 2. The molecule has 2 aromatic rings. The van der Waals surface area contributed by atoms with Crippen molar-refractivity contribution in [3.8, 4) is 17.0 Å². The summed E-state index contributed by atoms with van der Waals surface area (Å²) in [6, 6.07) is 6.56. The Morgan fingerprint density at radius 3 is 2.88 bits per heavy atom. The van der Waals surface area contributed by atoms with Crippen LogP contribution in [0.15, 0.2) is 18.2 Å². The van der Waals surface area contributed by atoms with Crippen molar-refractivity contribution in [2.45, 2.75) is 45.6 Å². The van der Waals surface area contributed by atoms with Crippen LogP contribution in [0.5, 0.6) is 5.75 Å². The van der Waals surface area contributed by atoms with Gasteiger partial charge in [0.25, 0.3) is 0 Å². The zero-order chi connectivity index (χ0) is 18.3. The van der Waals surface area contributed by atoms with Crippen LogP contribution in [0, 0.1) is 12.8 Å². The van der Waals surface area contributed by atoms with Gasteiger partial charge in [0, 0.05) is 18.2 Å². The van der Waals surface area contributed by atoms with Crippen molar-refractivity contribution >= 4 is 5.82 Å². The van der Waals surface area contributed by atoms with Crippen LogP contribution < -0.4 is 5.32 Å². The molecule has 1 fully saturated rings. The van der Waals surface area contributed by atoms with Crippen molar-refractivity contribution in [2.75, 3.05) is 25.5 Å². The fraction of sp³-hybridized carbons (Fsp3) is 0.524. The maximum absolute atomic E-state index is 10.7. The number of benzene rings is 1. The van der Waals surface area contributed by atoms with Gasteiger partial charge < -0.3 is 15.3 Å². The highest BCUT2D eigenvalue weighted by Gasteiger charge is 2.25. The van der Waals surface area contributed by atoms with Crippen LogP contribution in [0.3, 0.4) is 0 Å². The van der Waals surface area contributed by atoms with Gasteiger partial charge >= 0.3 is 0 Å². The monoisotopic (exact) mass is 352 g/mol. The van der Waals surface area contributed by atoms with Crippen LogP contribution >= 0.6 is 0 Å². The van der Waals surface area contributed by atoms with Gasteiger partial charge in [-0.3, -0.25) is 0 Å². The van der Waals surface area contributed by atoms with E-state index in [-0.39, 0.29) is 0 Å². The summed E-state index contributed by atoms with van der Waals surface area (Å²) < 4.78 is 0. The first kappa shape index (κ1) is 17.3. The highest BCUT2D eigenvalue weighted by atomic mass is 16.3. The van der Waals surface area contributed by atoms with E-state index in [0.717, 1.165) is 60.6 Å². The van der Waals surface area contributed by atoms with Gasteiger partial charge in [-0.2, -0.15) is 0 Å². The normalized spacial score (nSPS) is 23.0. The summed E-state index contributed by atoms with van der Waals surface area (Å²) in [6.45, 7) is 6.51. The van der Waals surface area contributed by atoms with Gasteiger partial charge in [0.05, 0.1) is 5.69 Å². The summed E-state index contributed by atoms with van der Waals surface area (Å²) >= 11 is 0. The number of nitrogens with zero attached hydrogens (tertiary/aromatic N) is 3. The second-order valence-corrected chi connectivity index (χ2v) is 7.99. The third-order valence-electron chi connectivity index (χ3n) is 5.99. The standard InChI is InChI=1S/C21H28N4O/c1-13-9-10-25(3)12-18(13)22-19-11-14(2)20(24-23-19)17-8-7-15-5-4-6-16(15)21(17)26/h7-8,11,13,18,26H,4-6,9-10,12H2,1-3H3,(H,22,23). The minimum atomic E-state index is 0.389. The summed E-state index contributed by atoms with van der Waals surface area (Å²) in [7, 11) is 2.16. The summed E-state index contributed by atoms with van der Waals surface area (Å²) in [4.78, 5) is 2.36. The van der Waals surface area contributed by atoms with Gasteiger partial charge in [-0.1, -0.05) is 13.0 Å². The van der Waals surface area contributed by atoms with Crippen molar-refractivity contribution in [2.24, 2.45) is 5.92 Å². The first-order valence-electron chi connectivity index (χ1n) is 9.66. The molecule has 1 saturated heterocycles. The number of rotatable bonds is 3. The maximum Gasteiger partial charge on any atom is 0.149 e. The Bertz CT molecular complexity index is 820. The van der Waals surface area contributed by atoms with Crippen molar-refractivity contribution in [1.82, 2.24) is 15.1 Å². The number of hydrogen-bond acceptors (Lipinski definition) is 5. The van der Waals surface area contributed by atoms with Crippen LogP contribution in [0.4, 0.5) is 5.82 Å². The van der Waals surface area contributed by atoms with E-state index in [4.69, 9.17) is 0 Å². The van der Waals surface area contributed by atoms with E-state index in [1.807, 2.05) is 13.0 Å². The Morgan fingerprint density at radius 1 is 1.23 bits per heavy atom. The molecule has 0 saturated carbocycles. The molecule has 1 aliphatic heterocycles. The molecule has 138 valence electrons. The molecular formula is C21H28N4O. The predicted octanol–water partition coefficient (Wildman–Crippen LogP) is 3.40. The Kier molecular flexibility index (Phi) is 4.57. The second-order valence-electron chi connectivity index (χ2n) is 7.99. The molecule has 1 aromatic carbocycles. The van der Waals surface area contributed by atoms with E-state index in [0.29, 0.717) is 17.7 Å². The van der Waals surface area contributed by atoms with Crippen LogP contribution in [-0.4, -0.2) is 46.4 Å². The lowest BCUT2D eigenvalue weighted by molar-refractivity contribution is 0.211. The number of anilines is 1. The third-order valence-corrected chi connectivity index (χ3v) is 5.99. The quantitative estimate of drug-likeness (QED) is 0.886. The number of nitrogens with one attached hydrogen (secondary N) is 1. The maximum atomic E-state index is 10.7. The Labute approximate surface area is 155 Å². The highest BCUT2D eigenvalue weighted by molar-refractivity contribution is 5.73. The van der Waals surface area contributed by atoms with Crippen molar-refractivity contribution in [3.05, 3.63) is 34.9 Å². The van der Waals surface area contributed by atoms with Crippen LogP contribution in [0.1, 0.15) is 36.5 Å². The number of phenols is 1. The number of fused-ring (bicyclic) bond motifs is 1. The summed E-state index contributed by atoms with van der Waals surface area (Å²) in [5.41, 5.74) is 4.97. The number of piperidine rings is 1. The first-order valence-corrected chi connectivity index (χ1v) is 9.66. The number of aryl methyl sites for hydroxylation is 2. The SMILES string of the molecule is Cc1cc(NC2CN(C)CCC2C)nnc1-c1ccc2c(c1O)CCC2. The Balaban J connectivity index is 1.59. The van der Waals surface area contributed by atoms with Gasteiger partial charge in [-0.15, -0.1) is 10.2 Å². The summed E-state index contributed by atoms with van der Waals surface area (Å²) in [6.07, 6.45) is 4.33. The summed E-state index contributed by atoms with van der Waals surface area (Å²) in [5, 5.41) is 23.1. The zero-order valence-electron chi connectivity index (χ0n) is 15.9. The average Bonchev–Trinajstić information content (AvgIpc) is 3.09. The Hall–Kier alpha value is -2.14. The van der Waals surface area contributed by atoms with E-state index in [9.17, 15) is 5.11 Å². The molecule has 4 rings (SSSR count). The fourth-order valence-corrected chi connectivity index (χ4v) is 4.27. The molecule has 26 heavy (non-hydrogen) atoms. The van der Waals surface area contributed by atoms with E-state index in [2.05, 4.69) is 46.5 Å². The minimum Gasteiger partial charge on any atom is -0.507 e. The molecule has 2 aliphatic rings. The van der Waals surface area contributed by atoms with Gasteiger partial charge in [-0.25, -0.2) is 0 Å². The molecule has 0 bridgehead atoms. The lowest BCUT2D eigenvalue weighted by Gasteiger charge is -2.35. The Morgan fingerprint density at radius 2 is 2.08 bits per heavy atom. The van der Waals surface area contributed by atoms with Gasteiger partial charge in [-0.05, 0) is 80.9 Å². The highest BCUT2D eigenvalue weighted by Crippen LogP contribution is 2.38. The molecule has 0 radical (unpaired) electrons. The number of likely N-dealkylation sites (tertiary alicyclic amines) is 1. The molecule has 2 heterocycles. The number of likely N-dealkylation sites (N-methyl/N-ethyl adjacent to an activating group) is 1. The molecule has 5 heteroatoms. The largest absolute Gasteiger partial charge is 0.507 e. The number of aromatic nitrogens is 2. The van der Waals surface area contributed by atoms with Crippen molar-refractivity contribution in [1.29, 1.82) is 0 Å². The van der Waals surface area contributed by atoms with Gasteiger partial charge in [0.15, 0.2) is 0 Å².